The van der Waals surface area contributed by atoms with E-state index in [1.165, 1.54) is 29.8 Å². The summed E-state index contributed by atoms with van der Waals surface area (Å²) in [6.45, 7) is 4.65. The molecule has 0 saturated carbocycles. The van der Waals surface area contributed by atoms with E-state index >= 15 is 0 Å². The first-order valence-corrected chi connectivity index (χ1v) is 9.54. The minimum atomic E-state index is -0.481. The first-order valence-electron chi connectivity index (χ1n) is 9.54. The lowest BCUT2D eigenvalue weighted by Gasteiger charge is -2.37. The molecule has 2 saturated heterocycles. The van der Waals surface area contributed by atoms with Crippen molar-refractivity contribution in [3.8, 4) is 0 Å². The molecular formula is C21H23N3O4. The van der Waals surface area contributed by atoms with E-state index in [-0.39, 0.29) is 11.8 Å². The van der Waals surface area contributed by atoms with Crippen LogP contribution in [0, 0.1) is 10.1 Å². The molecule has 0 N–H and O–H groups in total. The Hall–Kier alpha value is -2.77. The van der Waals surface area contributed by atoms with Crippen LogP contribution in [0.15, 0.2) is 54.6 Å². The summed E-state index contributed by atoms with van der Waals surface area (Å²) in [5, 5.41) is 10.7. The van der Waals surface area contributed by atoms with Crippen molar-refractivity contribution >= 4 is 11.7 Å². The minimum Gasteiger partial charge on any atom is -0.457 e. The third-order valence-corrected chi connectivity index (χ3v) is 5.50. The van der Waals surface area contributed by atoms with Crippen LogP contribution in [0.2, 0.25) is 0 Å². The standard InChI is InChI=1S/C21H23N3O4/c25-21(17-6-8-18(9-7-17)24(26)27)28-20-12-19-14-22(10-11-23(19)15-20)13-16-4-2-1-3-5-16/h1-9,19-20H,10-15H2/t19-,20+/m1/s1. The summed E-state index contributed by atoms with van der Waals surface area (Å²) in [6, 6.07) is 16.4. The van der Waals surface area contributed by atoms with Gasteiger partial charge in [0.15, 0.2) is 0 Å². The normalized spacial score (nSPS) is 22.6. The van der Waals surface area contributed by atoms with Crippen molar-refractivity contribution in [3.63, 3.8) is 0 Å². The second-order valence-electron chi connectivity index (χ2n) is 7.44. The summed E-state index contributed by atoms with van der Waals surface area (Å²) < 4.78 is 5.67. The summed E-state index contributed by atoms with van der Waals surface area (Å²) in [5.41, 5.74) is 1.63. The number of nitro benzene ring substituents is 1. The van der Waals surface area contributed by atoms with Gasteiger partial charge in [-0.1, -0.05) is 30.3 Å². The number of hydrogen-bond donors (Lipinski definition) is 0. The Morgan fingerprint density at radius 1 is 1.07 bits per heavy atom. The molecule has 28 heavy (non-hydrogen) atoms. The predicted octanol–water partition coefficient (Wildman–Crippen LogP) is 2.71. The molecule has 0 radical (unpaired) electrons. The van der Waals surface area contributed by atoms with Gasteiger partial charge >= 0.3 is 5.97 Å². The number of carbonyl (C=O) groups is 1. The average molecular weight is 381 g/mol. The molecule has 2 aliphatic heterocycles. The van der Waals surface area contributed by atoms with Crippen LogP contribution in [0.1, 0.15) is 22.3 Å². The molecule has 2 aromatic rings. The summed E-state index contributed by atoms with van der Waals surface area (Å²) in [4.78, 5) is 27.5. The van der Waals surface area contributed by atoms with Crippen molar-refractivity contribution in [2.75, 3.05) is 26.2 Å². The van der Waals surface area contributed by atoms with Crippen LogP contribution in [-0.2, 0) is 11.3 Å². The van der Waals surface area contributed by atoms with Crippen LogP contribution in [0.25, 0.3) is 0 Å². The number of esters is 1. The molecule has 0 aromatic heterocycles. The Bertz CT molecular complexity index is 840. The SMILES string of the molecule is O=C(O[C@H]1C[C@@H]2CN(Cc3ccccc3)CCN2C1)c1ccc([N+](=O)[O-])cc1. The van der Waals surface area contributed by atoms with E-state index in [0.717, 1.165) is 39.1 Å². The average Bonchev–Trinajstić information content (AvgIpc) is 3.10. The predicted molar refractivity (Wildman–Crippen MR) is 104 cm³/mol. The zero-order valence-corrected chi connectivity index (χ0v) is 15.6. The fourth-order valence-corrected chi connectivity index (χ4v) is 4.07. The minimum absolute atomic E-state index is 0.0342. The number of nitro groups is 1. The molecule has 7 nitrogen and oxygen atoms in total. The van der Waals surface area contributed by atoms with Crippen LogP contribution in [0.5, 0.6) is 0 Å². The number of fused-ring (bicyclic) bond motifs is 1. The Morgan fingerprint density at radius 2 is 1.82 bits per heavy atom. The van der Waals surface area contributed by atoms with Gasteiger partial charge in [-0.05, 0) is 17.7 Å². The summed E-state index contributed by atoms with van der Waals surface area (Å²) in [7, 11) is 0. The maximum absolute atomic E-state index is 12.4. The molecule has 2 aliphatic rings. The van der Waals surface area contributed by atoms with Gasteiger partial charge in [0.05, 0.1) is 10.5 Å². The van der Waals surface area contributed by atoms with Crippen molar-refractivity contribution in [1.29, 1.82) is 0 Å². The number of benzene rings is 2. The second-order valence-corrected chi connectivity index (χ2v) is 7.44. The van der Waals surface area contributed by atoms with Gasteiger partial charge in [0, 0.05) is 57.3 Å². The van der Waals surface area contributed by atoms with Gasteiger partial charge in [-0.2, -0.15) is 0 Å². The highest BCUT2D eigenvalue weighted by Gasteiger charge is 2.37. The zero-order valence-electron chi connectivity index (χ0n) is 15.6. The van der Waals surface area contributed by atoms with Crippen LogP contribution in [-0.4, -0.2) is 59.0 Å². The molecule has 7 heteroatoms. The van der Waals surface area contributed by atoms with Crippen LogP contribution < -0.4 is 0 Å². The largest absolute Gasteiger partial charge is 0.457 e. The monoisotopic (exact) mass is 381 g/mol. The van der Waals surface area contributed by atoms with Gasteiger partial charge in [-0.25, -0.2) is 4.79 Å². The third-order valence-electron chi connectivity index (χ3n) is 5.50. The Balaban J connectivity index is 1.31. The van der Waals surface area contributed by atoms with Gasteiger partial charge < -0.3 is 4.74 Å². The lowest BCUT2D eigenvalue weighted by Crippen LogP contribution is -2.49. The lowest BCUT2D eigenvalue weighted by atomic mass is 10.1. The molecule has 0 amide bonds. The molecule has 0 aliphatic carbocycles. The van der Waals surface area contributed by atoms with Gasteiger partial charge in [0.25, 0.3) is 5.69 Å². The molecule has 0 bridgehead atoms. The van der Waals surface area contributed by atoms with Crippen molar-refractivity contribution in [2.45, 2.75) is 25.1 Å². The Kier molecular flexibility index (Phi) is 5.36. The number of nitrogens with zero attached hydrogens (tertiary/aromatic N) is 3. The summed E-state index contributed by atoms with van der Waals surface area (Å²) >= 11 is 0. The number of carbonyl (C=O) groups excluding carboxylic acids is 1. The quantitative estimate of drug-likeness (QED) is 0.450. The molecule has 2 heterocycles. The molecule has 2 aromatic carbocycles. The topological polar surface area (TPSA) is 75.9 Å². The molecule has 146 valence electrons. The smallest absolute Gasteiger partial charge is 0.338 e. The van der Waals surface area contributed by atoms with Gasteiger partial charge in [0.1, 0.15) is 6.10 Å². The Labute approximate surface area is 163 Å². The van der Waals surface area contributed by atoms with E-state index in [4.69, 9.17) is 4.74 Å². The van der Waals surface area contributed by atoms with Gasteiger partial charge in [-0.15, -0.1) is 0 Å². The molecule has 4 rings (SSSR count). The fraction of sp³-hybridized carbons (Fsp3) is 0.381. The van der Waals surface area contributed by atoms with Crippen molar-refractivity contribution in [3.05, 3.63) is 75.8 Å². The van der Waals surface area contributed by atoms with E-state index in [1.54, 1.807) is 0 Å². The van der Waals surface area contributed by atoms with Crippen molar-refractivity contribution in [2.24, 2.45) is 0 Å². The van der Waals surface area contributed by atoms with Gasteiger partial charge in [0.2, 0.25) is 0 Å². The number of non-ortho nitro benzene ring substituents is 1. The van der Waals surface area contributed by atoms with E-state index < -0.39 is 10.9 Å². The van der Waals surface area contributed by atoms with E-state index in [2.05, 4.69) is 34.1 Å². The molecular weight excluding hydrogens is 358 g/mol. The van der Waals surface area contributed by atoms with Crippen molar-refractivity contribution < 1.29 is 14.5 Å². The maximum atomic E-state index is 12.4. The Morgan fingerprint density at radius 3 is 2.54 bits per heavy atom. The number of ether oxygens (including phenoxy) is 1. The third kappa shape index (κ3) is 4.21. The second kappa shape index (κ2) is 8.08. The van der Waals surface area contributed by atoms with E-state index in [1.807, 2.05) is 6.07 Å². The van der Waals surface area contributed by atoms with Crippen LogP contribution in [0.4, 0.5) is 5.69 Å². The van der Waals surface area contributed by atoms with Crippen molar-refractivity contribution in [1.82, 2.24) is 9.80 Å². The highest BCUT2D eigenvalue weighted by atomic mass is 16.6. The molecule has 0 spiro atoms. The number of rotatable bonds is 5. The summed E-state index contributed by atoms with van der Waals surface area (Å²) in [6.07, 6.45) is 0.689. The van der Waals surface area contributed by atoms with Crippen LogP contribution >= 0.6 is 0 Å². The first-order chi connectivity index (χ1) is 13.6. The molecule has 0 unspecified atom stereocenters. The van der Waals surface area contributed by atoms with E-state index in [0.29, 0.717) is 11.6 Å². The molecule has 2 fully saturated rings. The molecule has 2 atom stereocenters. The van der Waals surface area contributed by atoms with Gasteiger partial charge in [-0.3, -0.25) is 19.9 Å². The first kappa shape index (κ1) is 18.6. The van der Waals surface area contributed by atoms with E-state index in [9.17, 15) is 14.9 Å². The zero-order chi connectivity index (χ0) is 19.5. The highest BCUT2D eigenvalue weighted by Crippen LogP contribution is 2.26. The highest BCUT2D eigenvalue weighted by molar-refractivity contribution is 5.89. The number of hydrogen-bond acceptors (Lipinski definition) is 6. The van der Waals surface area contributed by atoms with Crippen LogP contribution in [0.3, 0.4) is 0 Å². The summed E-state index contributed by atoms with van der Waals surface area (Å²) in [5.74, 6) is -0.416. The fourth-order valence-electron chi connectivity index (χ4n) is 4.07. The lowest BCUT2D eigenvalue weighted by molar-refractivity contribution is -0.384. The maximum Gasteiger partial charge on any atom is 0.338 e. The number of piperazine rings is 1.